The van der Waals surface area contributed by atoms with Crippen LogP contribution in [-0.4, -0.2) is 22.1 Å². The van der Waals surface area contributed by atoms with Crippen LogP contribution in [0.5, 0.6) is 11.5 Å². The number of phenols is 1. The molecule has 7 heteroatoms. The molecule has 3 N–H and O–H groups in total. The molecule has 0 fully saturated rings. The second kappa shape index (κ2) is 7.43. The summed E-state index contributed by atoms with van der Waals surface area (Å²) in [5.74, 6) is -1.18. The third kappa shape index (κ3) is 3.84. The van der Waals surface area contributed by atoms with E-state index >= 15 is 0 Å². The van der Waals surface area contributed by atoms with E-state index in [9.17, 15) is 14.7 Å². The van der Waals surface area contributed by atoms with E-state index in [0.717, 1.165) is 0 Å². The Morgan fingerprint density at radius 1 is 1.04 bits per heavy atom. The molecule has 0 unspecified atom stereocenters. The maximum Gasteiger partial charge on any atom is 0.339 e. The molecule has 1 amide bonds. The second-order valence-corrected chi connectivity index (χ2v) is 5.35. The van der Waals surface area contributed by atoms with Crippen LogP contribution in [0.2, 0.25) is 0 Å². The van der Waals surface area contributed by atoms with Crippen LogP contribution < -0.4 is 10.1 Å². The minimum absolute atomic E-state index is 0.0652. The molecule has 0 aliphatic carbocycles. The summed E-state index contributed by atoms with van der Waals surface area (Å²) in [5.41, 5.74) is 0.204. The largest absolute Gasteiger partial charge is 0.507 e. The number of hydrogen-bond acceptors (Lipinski definition) is 5. The van der Waals surface area contributed by atoms with Gasteiger partial charge in [0, 0.05) is 5.69 Å². The minimum Gasteiger partial charge on any atom is -0.507 e. The number of carbonyl (C=O) groups excluding carboxylic acids is 1. The topological polar surface area (TPSA) is 109 Å². The molecule has 2 aromatic carbocycles. The number of benzene rings is 2. The zero-order chi connectivity index (χ0) is 18.5. The summed E-state index contributed by atoms with van der Waals surface area (Å²) in [6, 6.07) is 14.4. The minimum atomic E-state index is -1.29. The Morgan fingerprint density at radius 2 is 1.81 bits per heavy atom. The molecule has 0 aliphatic heterocycles. The summed E-state index contributed by atoms with van der Waals surface area (Å²) in [4.78, 5) is 23.5. The van der Waals surface area contributed by atoms with Gasteiger partial charge in [-0.25, -0.2) is 4.79 Å². The van der Waals surface area contributed by atoms with Crippen LogP contribution in [0.3, 0.4) is 0 Å². The van der Waals surface area contributed by atoms with E-state index in [1.165, 1.54) is 30.5 Å². The molecule has 7 nitrogen and oxygen atoms in total. The lowest BCUT2D eigenvalue weighted by Gasteiger charge is -2.08. The van der Waals surface area contributed by atoms with E-state index in [2.05, 4.69) is 5.32 Å². The van der Waals surface area contributed by atoms with Crippen LogP contribution in [0.15, 0.2) is 65.3 Å². The fraction of sp³-hybridized carbons (Fsp3) is 0.0526. The molecule has 0 spiro atoms. The Balaban J connectivity index is 1.72. The predicted octanol–water partition coefficient (Wildman–Crippen LogP) is 3.51. The van der Waals surface area contributed by atoms with E-state index in [1.54, 1.807) is 12.1 Å². The van der Waals surface area contributed by atoms with Crippen LogP contribution in [-0.2, 0) is 6.61 Å². The fourth-order valence-electron chi connectivity index (χ4n) is 2.30. The van der Waals surface area contributed by atoms with E-state index in [1.807, 2.05) is 18.2 Å². The highest BCUT2D eigenvalue weighted by Crippen LogP contribution is 2.23. The maximum absolute atomic E-state index is 12.4. The molecular weight excluding hydrogens is 338 g/mol. The van der Waals surface area contributed by atoms with Gasteiger partial charge in [-0.1, -0.05) is 18.2 Å². The lowest BCUT2D eigenvalue weighted by atomic mass is 10.1. The van der Waals surface area contributed by atoms with Gasteiger partial charge >= 0.3 is 5.97 Å². The third-order valence-electron chi connectivity index (χ3n) is 3.59. The van der Waals surface area contributed by atoms with Crippen molar-refractivity contribution in [2.75, 3.05) is 5.32 Å². The number of carbonyl (C=O) groups is 2. The summed E-state index contributed by atoms with van der Waals surface area (Å²) in [6.45, 7) is 0.0652. The second-order valence-electron chi connectivity index (χ2n) is 5.35. The van der Waals surface area contributed by atoms with E-state index in [0.29, 0.717) is 11.5 Å². The Morgan fingerprint density at radius 3 is 2.54 bits per heavy atom. The van der Waals surface area contributed by atoms with Gasteiger partial charge in [0.05, 0.1) is 11.8 Å². The molecule has 3 aromatic rings. The molecule has 0 saturated heterocycles. The number of nitrogens with one attached hydrogen (secondary N) is 1. The zero-order valence-corrected chi connectivity index (χ0v) is 13.5. The van der Waals surface area contributed by atoms with Gasteiger partial charge in [-0.15, -0.1) is 0 Å². The number of rotatable bonds is 6. The van der Waals surface area contributed by atoms with Crippen molar-refractivity contribution >= 4 is 17.6 Å². The fourth-order valence-corrected chi connectivity index (χ4v) is 2.30. The summed E-state index contributed by atoms with van der Waals surface area (Å²) < 4.78 is 10.9. The first-order valence-electron chi connectivity index (χ1n) is 7.66. The number of aromatic hydroxyl groups is 1. The zero-order valence-electron chi connectivity index (χ0n) is 13.5. The lowest BCUT2D eigenvalue weighted by molar-refractivity contribution is 0.0693. The number of anilines is 1. The Kier molecular flexibility index (Phi) is 4.89. The van der Waals surface area contributed by atoms with Gasteiger partial charge in [-0.05, 0) is 36.4 Å². The number of carboxylic acid groups (broad SMARTS) is 1. The van der Waals surface area contributed by atoms with Gasteiger partial charge in [0.2, 0.25) is 0 Å². The molecule has 1 aromatic heterocycles. The third-order valence-corrected chi connectivity index (χ3v) is 3.59. The van der Waals surface area contributed by atoms with Crippen molar-refractivity contribution in [3.05, 3.63) is 77.7 Å². The van der Waals surface area contributed by atoms with Crippen LogP contribution in [0.25, 0.3) is 0 Å². The normalized spacial score (nSPS) is 10.3. The summed E-state index contributed by atoms with van der Waals surface area (Å²) in [7, 11) is 0. The van der Waals surface area contributed by atoms with E-state index in [4.69, 9.17) is 14.3 Å². The first-order chi connectivity index (χ1) is 12.5. The van der Waals surface area contributed by atoms with Crippen LogP contribution in [0.1, 0.15) is 26.5 Å². The van der Waals surface area contributed by atoms with Crippen LogP contribution in [0.4, 0.5) is 5.69 Å². The van der Waals surface area contributed by atoms with Crippen molar-refractivity contribution in [3.63, 3.8) is 0 Å². The molecule has 132 valence electrons. The summed E-state index contributed by atoms with van der Waals surface area (Å²) in [5, 5.41) is 21.1. The number of ether oxygens (including phenoxy) is 1. The molecule has 0 atom stereocenters. The van der Waals surface area contributed by atoms with E-state index in [-0.39, 0.29) is 29.2 Å². The van der Waals surface area contributed by atoms with Gasteiger partial charge in [0.1, 0.15) is 23.7 Å². The number of furan rings is 1. The van der Waals surface area contributed by atoms with Crippen molar-refractivity contribution < 1.29 is 29.0 Å². The van der Waals surface area contributed by atoms with Crippen LogP contribution in [0, 0.1) is 0 Å². The molecule has 3 rings (SSSR count). The summed E-state index contributed by atoms with van der Waals surface area (Å²) >= 11 is 0. The monoisotopic (exact) mass is 353 g/mol. The average molecular weight is 353 g/mol. The molecule has 0 bridgehead atoms. The standard InChI is InChI=1S/C19H15NO6/c21-16-7-6-12(10-15(16)19(23)24)20-18(22)14-8-9-25-17(14)11-26-13-4-2-1-3-5-13/h1-10,21H,11H2,(H,20,22)(H,23,24). The molecule has 0 aliphatic rings. The Bertz CT molecular complexity index is 932. The van der Waals surface area contributed by atoms with Crippen molar-refractivity contribution in [2.24, 2.45) is 0 Å². The van der Waals surface area contributed by atoms with Gasteiger partial charge < -0.3 is 24.7 Å². The quantitative estimate of drug-likeness (QED) is 0.585. The first-order valence-corrected chi connectivity index (χ1v) is 7.66. The van der Waals surface area contributed by atoms with Crippen molar-refractivity contribution in [1.82, 2.24) is 0 Å². The average Bonchev–Trinajstić information content (AvgIpc) is 3.11. The predicted molar refractivity (Wildman–Crippen MR) is 92.5 cm³/mol. The number of amides is 1. The highest BCUT2D eigenvalue weighted by atomic mass is 16.5. The SMILES string of the molecule is O=C(O)c1cc(NC(=O)c2ccoc2COc2ccccc2)ccc1O. The van der Waals surface area contributed by atoms with Gasteiger partial charge in [-0.2, -0.15) is 0 Å². The van der Waals surface area contributed by atoms with Gasteiger partial charge in [0.25, 0.3) is 5.91 Å². The first kappa shape index (κ1) is 17.1. The highest BCUT2D eigenvalue weighted by molar-refractivity contribution is 6.05. The van der Waals surface area contributed by atoms with E-state index < -0.39 is 11.9 Å². The van der Waals surface area contributed by atoms with Crippen LogP contribution >= 0.6 is 0 Å². The maximum atomic E-state index is 12.4. The number of aromatic carboxylic acids is 1. The Labute approximate surface area is 148 Å². The number of carboxylic acids is 1. The number of hydrogen-bond donors (Lipinski definition) is 3. The molecule has 1 heterocycles. The van der Waals surface area contributed by atoms with Crippen molar-refractivity contribution in [2.45, 2.75) is 6.61 Å². The molecule has 0 saturated carbocycles. The number of para-hydroxylation sites is 1. The van der Waals surface area contributed by atoms with Crippen molar-refractivity contribution in [1.29, 1.82) is 0 Å². The highest BCUT2D eigenvalue weighted by Gasteiger charge is 2.17. The lowest BCUT2D eigenvalue weighted by Crippen LogP contribution is -2.14. The smallest absolute Gasteiger partial charge is 0.339 e. The molecule has 26 heavy (non-hydrogen) atoms. The Hall–Kier alpha value is -3.74. The summed E-state index contributed by atoms with van der Waals surface area (Å²) in [6.07, 6.45) is 1.37. The van der Waals surface area contributed by atoms with Gasteiger partial charge in [0.15, 0.2) is 5.76 Å². The molecular formula is C19H15NO6. The van der Waals surface area contributed by atoms with Crippen molar-refractivity contribution in [3.8, 4) is 11.5 Å². The van der Waals surface area contributed by atoms with Gasteiger partial charge in [-0.3, -0.25) is 4.79 Å². The molecule has 0 radical (unpaired) electrons.